The van der Waals surface area contributed by atoms with E-state index in [0.717, 1.165) is 27.8 Å². The van der Waals surface area contributed by atoms with Gasteiger partial charge >= 0.3 is 0 Å². The van der Waals surface area contributed by atoms with Gasteiger partial charge in [-0.2, -0.15) is 0 Å². The quantitative estimate of drug-likeness (QED) is 0.716. The summed E-state index contributed by atoms with van der Waals surface area (Å²) in [6, 6.07) is 7.83. The van der Waals surface area contributed by atoms with Gasteiger partial charge in [-0.25, -0.2) is 9.97 Å². The number of hydrogen-bond donors (Lipinski definition) is 0. The summed E-state index contributed by atoms with van der Waals surface area (Å²) in [5.74, 6) is 0.773. The van der Waals surface area contributed by atoms with Crippen molar-refractivity contribution in [1.82, 2.24) is 19.4 Å². The normalized spacial score (nSPS) is 10.8. The second-order valence-electron chi connectivity index (χ2n) is 5.73. The average molecular weight is 340 g/mol. The van der Waals surface area contributed by atoms with Crippen LogP contribution in [0, 0.1) is 13.8 Å². The van der Waals surface area contributed by atoms with Gasteiger partial charge in [0.25, 0.3) is 5.91 Å². The molecule has 1 amide bonds. The molecular weight excluding hydrogens is 320 g/mol. The Morgan fingerprint density at radius 3 is 2.50 bits per heavy atom. The van der Waals surface area contributed by atoms with Crippen LogP contribution in [0.1, 0.15) is 27.6 Å². The Kier molecular flexibility index (Phi) is 4.76. The van der Waals surface area contributed by atoms with E-state index in [-0.39, 0.29) is 5.91 Å². The van der Waals surface area contributed by atoms with Gasteiger partial charge in [0.15, 0.2) is 0 Å². The van der Waals surface area contributed by atoms with Crippen LogP contribution in [0.25, 0.3) is 5.00 Å². The van der Waals surface area contributed by atoms with Crippen molar-refractivity contribution >= 4 is 17.2 Å². The molecule has 3 rings (SSSR count). The minimum atomic E-state index is 0.0229. The summed E-state index contributed by atoms with van der Waals surface area (Å²) in [7, 11) is 1.82. The maximum Gasteiger partial charge on any atom is 0.256 e. The SMILES string of the molecule is Cc1ccc(C)n1-c1sccc1C(=O)N(C)CCc1ncccn1. The van der Waals surface area contributed by atoms with Gasteiger partial charge in [-0.15, -0.1) is 11.3 Å². The molecule has 0 radical (unpaired) electrons. The molecule has 0 bridgehead atoms. The van der Waals surface area contributed by atoms with E-state index in [0.29, 0.717) is 13.0 Å². The van der Waals surface area contributed by atoms with E-state index < -0.39 is 0 Å². The zero-order valence-corrected chi connectivity index (χ0v) is 14.9. The molecule has 0 unspecified atom stereocenters. The first kappa shape index (κ1) is 16.4. The maximum absolute atomic E-state index is 12.8. The van der Waals surface area contributed by atoms with Crippen LogP contribution < -0.4 is 0 Å². The number of amides is 1. The summed E-state index contributed by atoms with van der Waals surface area (Å²) in [4.78, 5) is 23.0. The Morgan fingerprint density at radius 1 is 1.17 bits per heavy atom. The predicted octanol–water partition coefficient (Wildman–Crippen LogP) is 3.26. The lowest BCUT2D eigenvalue weighted by Crippen LogP contribution is -2.29. The van der Waals surface area contributed by atoms with Crippen LogP contribution in [0.2, 0.25) is 0 Å². The molecule has 0 aliphatic heterocycles. The molecule has 0 aliphatic carbocycles. The number of thiophene rings is 1. The van der Waals surface area contributed by atoms with Gasteiger partial charge in [0.2, 0.25) is 0 Å². The highest BCUT2D eigenvalue weighted by Gasteiger charge is 2.19. The molecule has 0 saturated carbocycles. The van der Waals surface area contributed by atoms with Crippen molar-refractivity contribution in [3.63, 3.8) is 0 Å². The van der Waals surface area contributed by atoms with E-state index in [1.807, 2.05) is 18.5 Å². The first-order valence-electron chi connectivity index (χ1n) is 7.82. The van der Waals surface area contributed by atoms with Crippen LogP contribution in [0.5, 0.6) is 0 Å². The summed E-state index contributed by atoms with van der Waals surface area (Å²) in [5, 5.41) is 2.94. The van der Waals surface area contributed by atoms with Gasteiger partial charge in [-0.1, -0.05) is 0 Å². The Morgan fingerprint density at radius 2 is 1.83 bits per heavy atom. The van der Waals surface area contributed by atoms with Crippen molar-refractivity contribution in [3.05, 3.63) is 64.8 Å². The lowest BCUT2D eigenvalue weighted by molar-refractivity contribution is 0.0796. The standard InChI is InChI=1S/C18H20N4OS/c1-13-5-6-14(2)22(13)18-15(8-12-24-18)17(23)21(3)11-7-16-19-9-4-10-20-16/h4-6,8-10,12H,7,11H2,1-3H3. The second kappa shape index (κ2) is 6.97. The first-order valence-corrected chi connectivity index (χ1v) is 8.70. The molecule has 6 heteroatoms. The number of rotatable bonds is 5. The van der Waals surface area contributed by atoms with E-state index in [9.17, 15) is 4.79 Å². The average Bonchev–Trinajstić information content (AvgIpc) is 3.19. The largest absolute Gasteiger partial charge is 0.341 e. The topological polar surface area (TPSA) is 51.0 Å². The highest BCUT2D eigenvalue weighted by Crippen LogP contribution is 2.26. The van der Waals surface area contributed by atoms with E-state index in [4.69, 9.17) is 0 Å². The molecule has 0 aliphatic rings. The van der Waals surface area contributed by atoms with Crippen molar-refractivity contribution in [3.8, 4) is 5.00 Å². The van der Waals surface area contributed by atoms with Crippen molar-refractivity contribution in [2.45, 2.75) is 20.3 Å². The number of aryl methyl sites for hydroxylation is 2. The Labute approximate surface area is 145 Å². The first-order chi connectivity index (χ1) is 11.6. The molecule has 124 valence electrons. The summed E-state index contributed by atoms with van der Waals surface area (Å²) in [6.45, 7) is 4.69. The number of nitrogens with zero attached hydrogens (tertiary/aromatic N) is 4. The summed E-state index contributed by atoms with van der Waals surface area (Å²) in [6.07, 6.45) is 4.08. The molecule has 5 nitrogen and oxygen atoms in total. The number of carbonyl (C=O) groups is 1. The van der Waals surface area contributed by atoms with Crippen LogP contribution >= 0.6 is 11.3 Å². The molecule has 24 heavy (non-hydrogen) atoms. The molecule has 0 spiro atoms. The van der Waals surface area contributed by atoms with Crippen molar-refractivity contribution in [1.29, 1.82) is 0 Å². The second-order valence-corrected chi connectivity index (χ2v) is 6.63. The number of aromatic nitrogens is 3. The Bertz CT molecular complexity index is 818. The van der Waals surface area contributed by atoms with Gasteiger partial charge in [0, 0.05) is 43.8 Å². The fourth-order valence-electron chi connectivity index (χ4n) is 2.66. The summed E-state index contributed by atoms with van der Waals surface area (Å²) >= 11 is 1.59. The molecule has 0 atom stereocenters. The van der Waals surface area contributed by atoms with Crippen LogP contribution in [-0.4, -0.2) is 38.9 Å². The third-order valence-corrected chi connectivity index (χ3v) is 4.88. The van der Waals surface area contributed by atoms with Crippen molar-refractivity contribution in [2.75, 3.05) is 13.6 Å². The lowest BCUT2D eigenvalue weighted by atomic mass is 10.2. The fraction of sp³-hybridized carbons (Fsp3) is 0.278. The van der Waals surface area contributed by atoms with Gasteiger partial charge in [0.05, 0.1) is 5.56 Å². The predicted molar refractivity (Wildman–Crippen MR) is 95.8 cm³/mol. The van der Waals surface area contributed by atoms with E-state index >= 15 is 0 Å². The molecule has 0 fully saturated rings. The minimum absolute atomic E-state index is 0.0229. The minimum Gasteiger partial charge on any atom is -0.341 e. The monoisotopic (exact) mass is 340 g/mol. The van der Waals surface area contributed by atoms with Crippen LogP contribution in [0.4, 0.5) is 0 Å². The van der Waals surface area contributed by atoms with Crippen LogP contribution in [-0.2, 0) is 6.42 Å². The highest BCUT2D eigenvalue weighted by atomic mass is 32.1. The van der Waals surface area contributed by atoms with E-state index in [2.05, 4.69) is 40.5 Å². The molecule has 0 aromatic carbocycles. The molecule has 3 heterocycles. The molecular formula is C18H20N4OS. The maximum atomic E-state index is 12.8. The summed E-state index contributed by atoms with van der Waals surface area (Å²) in [5.41, 5.74) is 2.99. The van der Waals surface area contributed by atoms with Crippen LogP contribution in [0.15, 0.2) is 42.0 Å². The van der Waals surface area contributed by atoms with Crippen molar-refractivity contribution in [2.24, 2.45) is 0 Å². The van der Waals surface area contributed by atoms with Gasteiger partial charge in [0.1, 0.15) is 10.8 Å². The van der Waals surface area contributed by atoms with Gasteiger partial charge < -0.3 is 9.47 Å². The smallest absolute Gasteiger partial charge is 0.256 e. The molecule has 3 aromatic rings. The Hall–Kier alpha value is -2.47. The zero-order valence-electron chi connectivity index (χ0n) is 14.1. The number of carbonyl (C=O) groups excluding carboxylic acids is 1. The summed E-state index contributed by atoms with van der Waals surface area (Å²) < 4.78 is 2.13. The third-order valence-electron chi connectivity index (χ3n) is 3.99. The van der Waals surface area contributed by atoms with E-state index in [1.165, 1.54) is 0 Å². The van der Waals surface area contributed by atoms with Crippen LogP contribution in [0.3, 0.4) is 0 Å². The fourth-order valence-corrected chi connectivity index (χ4v) is 3.67. The third kappa shape index (κ3) is 3.23. The van der Waals surface area contributed by atoms with Gasteiger partial charge in [-0.05, 0) is 43.5 Å². The number of hydrogen-bond acceptors (Lipinski definition) is 4. The van der Waals surface area contributed by atoms with Gasteiger partial charge in [-0.3, -0.25) is 4.79 Å². The lowest BCUT2D eigenvalue weighted by Gasteiger charge is -2.18. The molecule has 0 N–H and O–H groups in total. The Balaban J connectivity index is 1.77. The van der Waals surface area contributed by atoms with E-state index in [1.54, 1.807) is 34.7 Å². The zero-order chi connectivity index (χ0) is 17.1. The van der Waals surface area contributed by atoms with Crippen molar-refractivity contribution < 1.29 is 4.79 Å². The highest BCUT2D eigenvalue weighted by molar-refractivity contribution is 7.13. The molecule has 3 aromatic heterocycles. The number of likely N-dealkylation sites (N-methyl/N-ethyl adjacent to an activating group) is 1. The molecule has 0 saturated heterocycles.